The first kappa shape index (κ1) is 11.7. The van der Waals surface area contributed by atoms with Crippen molar-refractivity contribution in [2.24, 2.45) is 13.0 Å². The van der Waals surface area contributed by atoms with Crippen LogP contribution in [0.3, 0.4) is 0 Å². The van der Waals surface area contributed by atoms with Crippen molar-refractivity contribution >= 4 is 5.69 Å². The molecule has 0 unspecified atom stereocenters. The van der Waals surface area contributed by atoms with Crippen molar-refractivity contribution in [3.8, 4) is 0 Å². The summed E-state index contributed by atoms with van der Waals surface area (Å²) in [5, 5.41) is 7.62. The number of imidazole rings is 1. The lowest BCUT2D eigenvalue weighted by atomic mass is 10.2. The number of nitrogens with one attached hydrogen (secondary N) is 1. The molecule has 2 rings (SSSR count). The van der Waals surface area contributed by atoms with E-state index in [1.165, 1.54) is 0 Å². The van der Waals surface area contributed by atoms with Crippen molar-refractivity contribution in [1.82, 2.24) is 19.3 Å². The number of nitrogens with zero attached hydrogens (tertiary/aromatic N) is 4. The van der Waals surface area contributed by atoms with E-state index in [1.54, 1.807) is 6.20 Å². The fraction of sp³-hybridized carbons (Fsp3) is 0.500. The van der Waals surface area contributed by atoms with Crippen LogP contribution in [0.25, 0.3) is 0 Å². The largest absolute Gasteiger partial charge is 0.375 e. The van der Waals surface area contributed by atoms with Gasteiger partial charge in [0.1, 0.15) is 5.82 Å². The third kappa shape index (κ3) is 3.09. The molecule has 0 fully saturated rings. The molecule has 2 heterocycles. The second kappa shape index (κ2) is 5.03. The molecule has 0 atom stereocenters. The number of anilines is 1. The average molecular weight is 233 g/mol. The molecule has 0 aliphatic rings. The summed E-state index contributed by atoms with van der Waals surface area (Å²) >= 11 is 0. The van der Waals surface area contributed by atoms with E-state index < -0.39 is 0 Å². The summed E-state index contributed by atoms with van der Waals surface area (Å²) < 4.78 is 3.97. The van der Waals surface area contributed by atoms with Gasteiger partial charge in [-0.05, 0) is 5.92 Å². The Morgan fingerprint density at radius 3 is 2.88 bits per heavy atom. The van der Waals surface area contributed by atoms with Gasteiger partial charge >= 0.3 is 0 Å². The Kier molecular flexibility index (Phi) is 3.46. The predicted octanol–water partition coefficient (Wildman–Crippen LogP) is 1.88. The highest BCUT2D eigenvalue weighted by molar-refractivity contribution is 5.38. The molecule has 0 saturated heterocycles. The van der Waals surface area contributed by atoms with Crippen LogP contribution in [0.4, 0.5) is 5.69 Å². The second-order valence-electron chi connectivity index (χ2n) is 4.65. The lowest BCUT2D eigenvalue weighted by Gasteiger charge is -2.04. The predicted molar refractivity (Wildman–Crippen MR) is 67.6 cm³/mol. The average Bonchev–Trinajstić information content (AvgIpc) is 2.84. The van der Waals surface area contributed by atoms with Gasteiger partial charge in [0.15, 0.2) is 0 Å². The minimum absolute atomic E-state index is 0.609. The smallest absolute Gasteiger partial charge is 0.127 e. The summed E-state index contributed by atoms with van der Waals surface area (Å²) in [4.78, 5) is 4.26. The molecule has 5 heteroatoms. The van der Waals surface area contributed by atoms with Crippen LogP contribution >= 0.6 is 0 Å². The Morgan fingerprint density at radius 2 is 2.24 bits per heavy atom. The van der Waals surface area contributed by atoms with Gasteiger partial charge in [-0.1, -0.05) is 13.8 Å². The number of aryl methyl sites for hydroxylation is 1. The zero-order valence-electron chi connectivity index (χ0n) is 10.6. The maximum Gasteiger partial charge on any atom is 0.127 e. The Morgan fingerprint density at radius 1 is 1.41 bits per heavy atom. The lowest BCUT2D eigenvalue weighted by Crippen LogP contribution is -2.06. The highest BCUT2D eigenvalue weighted by atomic mass is 15.3. The molecular formula is C12H19N5. The van der Waals surface area contributed by atoms with Crippen LogP contribution in [-0.4, -0.2) is 19.3 Å². The van der Waals surface area contributed by atoms with Crippen LogP contribution in [0.5, 0.6) is 0 Å². The first-order chi connectivity index (χ1) is 8.15. The minimum atomic E-state index is 0.609. The highest BCUT2D eigenvalue weighted by Crippen LogP contribution is 2.08. The molecule has 2 aromatic heterocycles. The van der Waals surface area contributed by atoms with E-state index in [4.69, 9.17) is 0 Å². The van der Waals surface area contributed by atoms with E-state index in [2.05, 4.69) is 29.2 Å². The maximum absolute atomic E-state index is 4.31. The molecule has 2 aromatic rings. The quantitative estimate of drug-likeness (QED) is 0.857. The van der Waals surface area contributed by atoms with Crippen molar-refractivity contribution < 1.29 is 0 Å². The number of rotatable bonds is 5. The van der Waals surface area contributed by atoms with E-state index in [9.17, 15) is 0 Å². The summed E-state index contributed by atoms with van der Waals surface area (Å²) in [5.41, 5.74) is 1.04. The van der Waals surface area contributed by atoms with Crippen molar-refractivity contribution in [1.29, 1.82) is 0 Å². The van der Waals surface area contributed by atoms with Crippen LogP contribution in [0.2, 0.25) is 0 Å². The van der Waals surface area contributed by atoms with Crippen LogP contribution in [0, 0.1) is 5.92 Å². The van der Waals surface area contributed by atoms with Crippen molar-refractivity contribution in [2.45, 2.75) is 26.9 Å². The molecule has 0 amide bonds. The first-order valence-electron chi connectivity index (χ1n) is 5.87. The molecule has 0 bridgehead atoms. The Bertz CT molecular complexity index is 469. The van der Waals surface area contributed by atoms with E-state index in [-0.39, 0.29) is 0 Å². The molecule has 0 saturated carbocycles. The van der Waals surface area contributed by atoms with Gasteiger partial charge < -0.3 is 9.88 Å². The minimum Gasteiger partial charge on any atom is -0.375 e. The standard InChI is InChI=1S/C12H19N5/c1-10(2)8-17-9-11(6-15-17)14-7-12-13-4-5-16(12)3/h4-6,9-10,14H,7-8H2,1-3H3. The zero-order valence-corrected chi connectivity index (χ0v) is 10.6. The summed E-state index contributed by atoms with van der Waals surface area (Å²) in [6.07, 6.45) is 7.63. The van der Waals surface area contributed by atoms with Gasteiger partial charge in [0.05, 0.1) is 18.4 Å². The molecule has 92 valence electrons. The summed E-state index contributed by atoms with van der Waals surface area (Å²) in [7, 11) is 1.99. The molecule has 1 N–H and O–H groups in total. The molecule has 0 radical (unpaired) electrons. The van der Waals surface area contributed by atoms with E-state index in [0.717, 1.165) is 24.6 Å². The molecule has 0 spiro atoms. The fourth-order valence-corrected chi connectivity index (χ4v) is 1.68. The van der Waals surface area contributed by atoms with Gasteiger partial charge in [-0.25, -0.2) is 4.98 Å². The fourth-order valence-electron chi connectivity index (χ4n) is 1.68. The second-order valence-corrected chi connectivity index (χ2v) is 4.65. The van der Waals surface area contributed by atoms with Gasteiger partial charge in [-0.2, -0.15) is 5.10 Å². The van der Waals surface area contributed by atoms with Gasteiger partial charge in [0, 0.05) is 32.2 Å². The van der Waals surface area contributed by atoms with E-state index in [1.807, 2.05) is 34.9 Å². The Labute approximate surface area is 101 Å². The van der Waals surface area contributed by atoms with Crippen molar-refractivity contribution in [2.75, 3.05) is 5.32 Å². The van der Waals surface area contributed by atoms with Crippen LogP contribution < -0.4 is 5.32 Å². The third-order valence-corrected chi connectivity index (χ3v) is 2.56. The summed E-state index contributed by atoms with van der Waals surface area (Å²) in [5.74, 6) is 1.62. The SMILES string of the molecule is CC(C)Cn1cc(NCc2nccn2C)cn1. The molecule has 0 aliphatic carbocycles. The van der Waals surface area contributed by atoms with Gasteiger partial charge in [-0.15, -0.1) is 0 Å². The monoisotopic (exact) mass is 233 g/mol. The maximum atomic E-state index is 4.31. The number of hydrogen-bond acceptors (Lipinski definition) is 3. The van der Waals surface area contributed by atoms with Crippen molar-refractivity contribution in [3.05, 3.63) is 30.6 Å². The topological polar surface area (TPSA) is 47.7 Å². The molecular weight excluding hydrogens is 214 g/mol. The highest BCUT2D eigenvalue weighted by Gasteiger charge is 2.02. The van der Waals surface area contributed by atoms with Crippen molar-refractivity contribution in [3.63, 3.8) is 0 Å². The lowest BCUT2D eigenvalue weighted by molar-refractivity contribution is 0.483. The third-order valence-electron chi connectivity index (χ3n) is 2.56. The van der Waals surface area contributed by atoms with Crippen LogP contribution in [0.15, 0.2) is 24.8 Å². The number of hydrogen-bond donors (Lipinski definition) is 1. The van der Waals surface area contributed by atoms with E-state index >= 15 is 0 Å². The van der Waals surface area contributed by atoms with E-state index in [0.29, 0.717) is 5.92 Å². The molecule has 17 heavy (non-hydrogen) atoms. The Balaban J connectivity index is 1.91. The molecule has 5 nitrogen and oxygen atoms in total. The number of aromatic nitrogens is 4. The zero-order chi connectivity index (χ0) is 12.3. The normalized spacial score (nSPS) is 11.1. The first-order valence-corrected chi connectivity index (χ1v) is 5.87. The summed E-state index contributed by atoms with van der Waals surface area (Å²) in [6, 6.07) is 0. The summed E-state index contributed by atoms with van der Waals surface area (Å²) in [6.45, 7) is 6.03. The van der Waals surface area contributed by atoms with Crippen LogP contribution in [0.1, 0.15) is 19.7 Å². The molecule has 0 aliphatic heterocycles. The Hall–Kier alpha value is -1.78. The van der Waals surface area contributed by atoms with Gasteiger partial charge in [0.25, 0.3) is 0 Å². The molecule has 0 aromatic carbocycles. The van der Waals surface area contributed by atoms with Crippen LogP contribution in [-0.2, 0) is 20.1 Å². The van der Waals surface area contributed by atoms with Gasteiger partial charge in [-0.3, -0.25) is 4.68 Å². The van der Waals surface area contributed by atoms with Gasteiger partial charge in [0.2, 0.25) is 0 Å².